The third kappa shape index (κ3) is 4.89. The van der Waals surface area contributed by atoms with Gasteiger partial charge in [-0.3, -0.25) is 4.79 Å². The third-order valence-corrected chi connectivity index (χ3v) is 2.70. The first kappa shape index (κ1) is 13.6. The molecule has 17 heavy (non-hydrogen) atoms. The zero-order valence-corrected chi connectivity index (χ0v) is 10.9. The van der Waals surface area contributed by atoms with E-state index < -0.39 is 0 Å². The number of nitrogen functional groups attached to an aromatic ring is 1. The van der Waals surface area contributed by atoms with Crippen LogP contribution in [-0.4, -0.2) is 12.5 Å². The van der Waals surface area contributed by atoms with Crippen LogP contribution < -0.4 is 11.1 Å². The van der Waals surface area contributed by atoms with Gasteiger partial charge in [0.15, 0.2) is 0 Å². The van der Waals surface area contributed by atoms with Gasteiger partial charge in [-0.1, -0.05) is 32.9 Å². The van der Waals surface area contributed by atoms with Gasteiger partial charge in [-0.05, 0) is 29.5 Å². The minimum absolute atomic E-state index is 0.114. The number of nitrogens with two attached hydrogens (primary N) is 1. The van der Waals surface area contributed by atoms with Crippen molar-refractivity contribution in [2.75, 3.05) is 12.3 Å². The summed E-state index contributed by atoms with van der Waals surface area (Å²) in [6.07, 6.45) is 0.524. The van der Waals surface area contributed by atoms with Crippen LogP contribution >= 0.6 is 0 Å². The van der Waals surface area contributed by atoms with Crippen molar-refractivity contribution in [3.63, 3.8) is 0 Å². The number of nitrogens with one attached hydrogen (secondary N) is 1. The zero-order chi connectivity index (χ0) is 12.8. The lowest BCUT2D eigenvalue weighted by molar-refractivity contribution is -0.121. The molecule has 0 aliphatic carbocycles. The monoisotopic (exact) mass is 234 g/mol. The Morgan fingerprint density at radius 3 is 2.35 bits per heavy atom. The van der Waals surface area contributed by atoms with Crippen LogP contribution in [0, 0.1) is 5.92 Å². The summed E-state index contributed by atoms with van der Waals surface area (Å²) in [7, 11) is 0. The number of amides is 1. The first-order valence-electron chi connectivity index (χ1n) is 6.11. The second kappa shape index (κ2) is 6.28. The summed E-state index contributed by atoms with van der Waals surface area (Å²) in [4.78, 5) is 11.7. The highest BCUT2D eigenvalue weighted by Crippen LogP contribution is 2.19. The fraction of sp³-hybridized carbons (Fsp3) is 0.500. The number of anilines is 1. The predicted octanol–water partition coefficient (Wildman–Crippen LogP) is 2.53. The number of carbonyl (C=O) groups is 1. The van der Waals surface area contributed by atoms with Crippen LogP contribution in [0.5, 0.6) is 0 Å². The Morgan fingerprint density at radius 1 is 1.24 bits per heavy atom. The van der Waals surface area contributed by atoms with Crippen LogP contribution in [0.2, 0.25) is 0 Å². The Labute approximate surface area is 103 Å². The van der Waals surface area contributed by atoms with Gasteiger partial charge in [-0.2, -0.15) is 0 Å². The maximum Gasteiger partial charge on any atom is 0.220 e. The molecular weight excluding hydrogens is 212 g/mol. The first-order chi connectivity index (χ1) is 7.99. The Bertz CT molecular complexity index is 357. The Hall–Kier alpha value is -1.51. The first-order valence-corrected chi connectivity index (χ1v) is 6.11. The van der Waals surface area contributed by atoms with Gasteiger partial charge in [0.1, 0.15) is 0 Å². The number of hydrogen-bond donors (Lipinski definition) is 2. The van der Waals surface area contributed by atoms with E-state index in [0.29, 0.717) is 12.3 Å². The lowest BCUT2D eigenvalue weighted by Gasteiger charge is -2.13. The smallest absolute Gasteiger partial charge is 0.220 e. The van der Waals surface area contributed by atoms with Crippen LogP contribution in [0.4, 0.5) is 5.69 Å². The van der Waals surface area contributed by atoms with Gasteiger partial charge >= 0.3 is 0 Å². The molecule has 3 heteroatoms. The molecule has 0 aromatic heterocycles. The minimum atomic E-state index is 0.114. The highest BCUT2D eigenvalue weighted by atomic mass is 16.1. The van der Waals surface area contributed by atoms with Crippen molar-refractivity contribution in [2.45, 2.75) is 33.1 Å². The van der Waals surface area contributed by atoms with Crippen molar-refractivity contribution >= 4 is 11.6 Å². The van der Waals surface area contributed by atoms with Crippen LogP contribution in [0.15, 0.2) is 24.3 Å². The van der Waals surface area contributed by atoms with Crippen molar-refractivity contribution in [3.8, 4) is 0 Å². The molecule has 1 aromatic rings. The van der Waals surface area contributed by atoms with Crippen molar-refractivity contribution in [1.29, 1.82) is 0 Å². The second-order valence-corrected chi connectivity index (χ2v) is 4.97. The van der Waals surface area contributed by atoms with Gasteiger partial charge in [0.2, 0.25) is 5.91 Å². The summed E-state index contributed by atoms with van der Waals surface area (Å²) in [5, 5.41) is 2.93. The van der Waals surface area contributed by atoms with Crippen molar-refractivity contribution < 1.29 is 4.79 Å². The van der Waals surface area contributed by atoms with E-state index in [2.05, 4.69) is 26.1 Å². The summed E-state index contributed by atoms with van der Waals surface area (Å²) in [6, 6.07) is 7.71. The largest absolute Gasteiger partial charge is 0.399 e. The third-order valence-electron chi connectivity index (χ3n) is 2.70. The molecular formula is C14H22N2O. The average Bonchev–Trinajstić information content (AvgIpc) is 2.27. The molecule has 1 atom stereocenters. The lowest BCUT2D eigenvalue weighted by atomic mass is 9.97. The molecule has 0 spiro atoms. The maximum atomic E-state index is 11.7. The molecule has 0 aliphatic rings. The minimum Gasteiger partial charge on any atom is -0.399 e. The van der Waals surface area contributed by atoms with E-state index in [1.165, 1.54) is 0 Å². The number of carbonyl (C=O) groups excluding carboxylic acids is 1. The highest BCUT2D eigenvalue weighted by Gasteiger charge is 2.11. The molecule has 94 valence electrons. The lowest BCUT2D eigenvalue weighted by Crippen LogP contribution is -2.28. The second-order valence-electron chi connectivity index (χ2n) is 4.97. The van der Waals surface area contributed by atoms with Crippen LogP contribution in [0.25, 0.3) is 0 Å². The molecule has 0 bridgehead atoms. The molecule has 1 aromatic carbocycles. The normalized spacial score (nSPS) is 12.5. The fourth-order valence-corrected chi connectivity index (χ4v) is 1.61. The van der Waals surface area contributed by atoms with Crippen LogP contribution in [0.1, 0.15) is 38.7 Å². The number of rotatable bonds is 5. The Morgan fingerprint density at radius 2 is 1.82 bits per heavy atom. The molecule has 0 aliphatic heterocycles. The molecule has 0 radical (unpaired) electrons. The van der Waals surface area contributed by atoms with E-state index in [1.807, 2.05) is 24.3 Å². The van der Waals surface area contributed by atoms with Crippen LogP contribution in [0.3, 0.4) is 0 Å². The van der Waals surface area contributed by atoms with Crippen molar-refractivity contribution in [1.82, 2.24) is 5.32 Å². The molecule has 3 N–H and O–H groups in total. The SMILES string of the molecule is CC(C)CNC(=O)CC(C)c1ccc(N)cc1. The van der Waals surface area contributed by atoms with E-state index in [9.17, 15) is 4.79 Å². The van der Waals surface area contributed by atoms with E-state index in [0.717, 1.165) is 17.8 Å². The quantitative estimate of drug-likeness (QED) is 0.769. The maximum absolute atomic E-state index is 11.7. The van der Waals surface area contributed by atoms with E-state index >= 15 is 0 Å². The standard InChI is InChI=1S/C14H22N2O/c1-10(2)9-16-14(17)8-11(3)12-4-6-13(15)7-5-12/h4-7,10-11H,8-9,15H2,1-3H3,(H,16,17). The van der Waals surface area contributed by atoms with Gasteiger partial charge in [0, 0.05) is 18.7 Å². The molecule has 1 rings (SSSR count). The van der Waals surface area contributed by atoms with Crippen molar-refractivity contribution in [2.24, 2.45) is 5.92 Å². The Kier molecular flexibility index (Phi) is 5.01. The molecule has 1 unspecified atom stereocenters. The highest BCUT2D eigenvalue weighted by molar-refractivity contribution is 5.76. The fourth-order valence-electron chi connectivity index (χ4n) is 1.61. The summed E-state index contributed by atoms with van der Waals surface area (Å²) >= 11 is 0. The van der Waals surface area contributed by atoms with Crippen molar-refractivity contribution in [3.05, 3.63) is 29.8 Å². The van der Waals surface area contributed by atoms with E-state index in [-0.39, 0.29) is 11.8 Å². The van der Waals surface area contributed by atoms with Gasteiger partial charge in [-0.25, -0.2) is 0 Å². The Balaban J connectivity index is 2.46. The predicted molar refractivity (Wildman–Crippen MR) is 71.7 cm³/mol. The van der Waals surface area contributed by atoms with Crippen LogP contribution in [-0.2, 0) is 4.79 Å². The molecule has 0 fully saturated rings. The summed E-state index contributed by atoms with van der Waals surface area (Å²) in [5.41, 5.74) is 7.54. The molecule has 0 saturated heterocycles. The number of benzene rings is 1. The molecule has 3 nitrogen and oxygen atoms in total. The van der Waals surface area contributed by atoms with Gasteiger partial charge in [0.25, 0.3) is 0 Å². The summed E-state index contributed by atoms with van der Waals surface area (Å²) in [5.74, 6) is 0.830. The van der Waals surface area contributed by atoms with Gasteiger partial charge < -0.3 is 11.1 Å². The van der Waals surface area contributed by atoms with Gasteiger partial charge in [-0.15, -0.1) is 0 Å². The topological polar surface area (TPSA) is 55.1 Å². The zero-order valence-electron chi connectivity index (χ0n) is 10.9. The number of hydrogen-bond acceptors (Lipinski definition) is 2. The average molecular weight is 234 g/mol. The van der Waals surface area contributed by atoms with E-state index in [4.69, 9.17) is 5.73 Å². The molecule has 1 amide bonds. The molecule has 0 saturated carbocycles. The summed E-state index contributed by atoms with van der Waals surface area (Å²) < 4.78 is 0. The molecule has 0 heterocycles. The van der Waals surface area contributed by atoms with E-state index in [1.54, 1.807) is 0 Å². The summed E-state index contributed by atoms with van der Waals surface area (Å²) in [6.45, 7) is 6.97. The van der Waals surface area contributed by atoms with Gasteiger partial charge in [0.05, 0.1) is 0 Å².